The van der Waals surface area contributed by atoms with E-state index < -0.39 is 28.5 Å². The molecule has 1 N–H and O–H groups in total. The van der Waals surface area contributed by atoms with Crippen molar-refractivity contribution in [3.05, 3.63) is 131 Å². The minimum Gasteiger partial charge on any atom is -0.352 e. The maximum atomic E-state index is 14.7. The van der Waals surface area contributed by atoms with Crippen LogP contribution in [0.15, 0.2) is 108 Å². The van der Waals surface area contributed by atoms with Crippen molar-refractivity contribution in [1.29, 1.82) is 0 Å². The molecule has 2 atom stereocenters. The quantitative estimate of drug-likeness (QED) is 0.168. The van der Waals surface area contributed by atoms with Crippen LogP contribution in [0, 0.1) is 13.8 Å². The Bertz CT molecular complexity index is 1720. The van der Waals surface area contributed by atoms with Crippen LogP contribution in [0.3, 0.4) is 0 Å². The van der Waals surface area contributed by atoms with Crippen LogP contribution in [-0.2, 0) is 39.0 Å². The van der Waals surface area contributed by atoms with Crippen molar-refractivity contribution < 1.29 is 18.0 Å². The van der Waals surface area contributed by atoms with E-state index >= 15 is 0 Å². The SMILES string of the molecule is CCc1ccccc1N(CC(=O)N(Cc1ccccc1C)[C@H](Cc1ccccc1)C(=O)N[C@H](C)CC)S(=O)(=O)c1ccc(C)cc1. The summed E-state index contributed by atoms with van der Waals surface area (Å²) in [6.45, 7) is 9.41. The number of nitrogens with one attached hydrogen (secondary N) is 1. The first kappa shape index (κ1) is 34.4. The van der Waals surface area contributed by atoms with E-state index in [0.717, 1.165) is 34.2 Å². The summed E-state index contributed by atoms with van der Waals surface area (Å²) in [6.07, 6.45) is 1.58. The molecule has 0 aliphatic rings. The molecule has 0 saturated carbocycles. The highest BCUT2D eigenvalue weighted by atomic mass is 32.2. The van der Waals surface area contributed by atoms with Crippen LogP contribution < -0.4 is 9.62 Å². The second-order valence-electron chi connectivity index (χ2n) is 11.8. The Labute approximate surface area is 274 Å². The zero-order valence-corrected chi connectivity index (χ0v) is 28.3. The molecule has 0 radical (unpaired) electrons. The third kappa shape index (κ3) is 8.43. The maximum absolute atomic E-state index is 14.7. The summed E-state index contributed by atoms with van der Waals surface area (Å²) >= 11 is 0. The molecule has 0 heterocycles. The molecule has 0 aliphatic carbocycles. The van der Waals surface area contributed by atoms with Crippen molar-refractivity contribution in [3.63, 3.8) is 0 Å². The Hall–Kier alpha value is -4.43. The summed E-state index contributed by atoms with van der Waals surface area (Å²) in [5, 5.41) is 3.09. The first-order valence-corrected chi connectivity index (χ1v) is 17.3. The molecule has 4 rings (SSSR count). The summed E-state index contributed by atoms with van der Waals surface area (Å²) in [6, 6.07) is 30.2. The minimum atomic E-state index is -4.16. The average molecular weight is 640 g/mol. The predicted molar refractivity (Wildman–Crippen MR) is 185 cm³/mol. The molecule has 7 nitrogen and oxygen atoms in total. The van der Waals surface area contributed by atoms with Gasteiger partial charge in [-0.2, -0.15) is 0 Å². The van der Waals surface area contributed by atoms with Gasteiger partial charge in [-0.05, 0) is 74.1 Å². The standard InChI is InChI=1S/C38H45N3O4S/c1-6-30(5)39-38(43)36(25-31-16-9-8-10-17-31)40(26-33-19-12-11-15-29(33)4)37(42)27-41(35-20-14-13-18-32(35)7-2)46(44,45)34-23-21-28(3)22-24-34/h8-24,30,36H,6-7,25-27H2,1-5H3,(H,39,43)/t30-,36-/m1/s1. The summed E-state index contributed by atoms with van der Waals surface area (Å²) in [5.74, 6) is -0.743. The highest BCUT2D eigenvalue weighted by molar-refractivity contribution is 7.92. The van der Waals surface area contributed by atoms with Crippen LogP contribution >= 0.6 is 0 Å². The summed E-state index contributed by atoms with van der Waals surface area (Å²) in [7, 11) is -4.16. The molecule has 0 unspecified atom stereocenters. The molecule has 0 fully saturated rings. The monoisotopic (exact) mass is 639 g/mol. The smallest absolute Gasteiger partial charge is 0.264 e. The lowest BCUT2D eigenvalue weighted by Crippen LogP contribution is -2.54. The van der Waals surface area contributed by atoms with Crippen LogP contribution in [0.5, 0.6) is 0 Å². The number of carbonyl (C=O) groups is 2. The lowest BCUT2D eigenvalue weighted by molar-refractivity contribution is -0.140. The number of hydrogen-bond acceptors (Lipinski definition) is 4. The van der Waals surface area contributed by atoms with Crippen molar-refractivity contribution in [3.8, 4) is 0 Å². The average Bonchev–Trinajstić information content (AvgIpc) is 3.06. The zero-order chi connectivity index (χ0) is 33.3. The number of benzene rings is 4. The van der Waals surface area contributed by atoms with Gasteiger partial charge in [0.15, 0.2) is 0 Å². The van der Waals surface area contributed by atoms with Gasteiger partial charge < -0.3 is 10.2 Å². The van der Waals surface area contributed by atoms with Crippen LogP contribution in [0.25, 0.3) is 0 Å². The number of para-hydroxylation sites is 1. The van der Waals surface area contributed by atoms with Gasteiger partial charge in [-0.3, -0.25) is 13.9 Å². The number of amides is 2. The molecule has 46 heavy (non-hydrogen) atoms. The topological polar surface area (TPSA) is 86.8 Å². The van der Waals surface area contributed by atoms with Gasteiger partial charge in [0, 0.05) is 19.0 Å². The van der Waals surface area contributed by atoms with E-state index in [-0.39, 0.29) is 29.8 Å². The Kier molecular flexibility index (Phi) is 11.8. The first-order valence-electron chi connectivity index (χ1n) is 15.9. The number of nitrogens with zero attached hydrogens (tertiary/aromatic N) is 2. The van der Waals surface area contributed by atoms with E-state index in [4.69, 9.17) is 0 Å². The number of anilines is 1. The van der Waals surface area contributed by atoms with E-state index in [1.807, 2.05) is 101 Å². The Balaban J connectivity index is 1.84. The lowest BCUT2D eigenvalue weighted by atomic mass is 10.0. The van der Waals surface area contributed by atoms with Crippen LogP contribution in [0.4, 0.5) is 5.69 Å². The van der Waals surface area contributed by atoms with Crippen LogP contribution in [0.2, 0.25) is 0 Å². The van der Waals surface area contributed by atoms with Gasteiger partial charge in [0.05, 0.1) is 10.6 Å². The molecule has 0 aliphatic heterocycles. The molecule has 0 bridgehead atoms. The fourth-order valence-electron chi connectivity index (χ4n) is 5.37. The number of hydrogen-bond donors (Lipinski definition) is 1. The van der Waals surface area contributed by atoms with Crippen molar-refractivity contribution in [2.45, 2.75) is 77.4 Å². The number of carbonyl (C=O) groups excluding carboxylic acids is 2. The van der Waals surface area contributed by atoms with Crippen LogP contribution in [0.1, 0.15) is 55.0 Å². The maximum Gasteiger partial charge on any atom is 0.264 e. The summed E-state index contributed by atoms with van der Waals surface area (Å²) in [5.41, 5.74) is 4.92. The molecular formula is C38H45N3O4S. The zero-order valence-electron chi connectivity index (χ0n) is 27.4. The largest absolute Gasteiger partial charge is 0.352 e. The van der Waals surface area contributed by atoms with Gasteiger partial charge in [-0.1, -0.05) is 104 Å². The Morgan fingerprint density at radius 1 is 0.783 bits per heavy atom. The highest BCUT2D eigenvalue weighted by Crippen LogP contribution is 2.29. The van der Waals surface area contributed by atoms with E-state index in [0.29, 0.717) is 12.1 Å². The molecule has 8 heteroatoms. The van der Waals surface area contributed by atoms with Gasteiger partial charge in [-0.15, -0.1) is 0 Å². The summed E-state index contributed by atoms with van der Waals surface area (Å²) < 4.78 is 29.9. The lowest BCUT2D eigenvalue weighted by Gasteiger charge is -2.35. The van der Waals surface area contributed by atoms with Crippen LogP contribution in [-0.4, -0.2) is 43.8 Å². The number of aryl methyl sites for hydroxylation is 3. The molecule has 2 amide bonds. The predicted octanol–water partition coefficient (Wildman–Crippen LogP) is 6.62. The molecular weight excluding hydrogens is 595 g/mol. The Morgan fingerprint density at radius 3 is 2.02 bits per heavy atom. The second kappa shape index (κ2) is 15.7. The third-order valence-corrected chi connectivity index (χ3v) is 10.2. The number of sulfonamides is 1. The van der Waals surface area contributed by atoms with Gasteiger partial charge >= 0.3 is 0 Å². The van der Waals surface area contributed by atoms with Crippen molar-refractivity contribution in [1.82, 2.24) is 10.2 Å². The minimum absolute atomic E-state index is 0.0950. The van der Waals surface area contributed by atoms with E-state index in [2.05, 4.69) is 5.32 Å². The normalized spacial score (nSPS) is 12.6. The highest BCUT2D eigenvalue weighted by Gasteiger charge is 2.35. The van der Waals surface area contributed by atoms with E-state index in [1.165, 1.54) is 4.31 Å². The van der Waals surface area contributed by atoms with Gasteiger partial charge in [0.1, 0.15) is 12.6 Å². The second-order valence-corrected chi connectivity index (χ2v) is 13.6. The molecule has 4 aromatic rings. The van der Waals surface area contributed by atoms with E-state index in [1.54, 1.807) is 41.3 Å². The van der Waals surface area contributed by atoms with Crippen molar-refractivity contribution >= 4 is 27.5 Å². The molecule has 0 spiro atoms. The number of rotatable bonds is 14. The molecule has 0 saturated heterocycles. The Morgan fingerprint density at radius 2 is 1.39 bits per heavy atom. The molecule has 0 aromatic heterocycles. The fraction of sp³-hybridized carbons (Fsp3) is 0.316. The fourth-order valence-corrected chi connectivity index (χ4v) is 6.82. The summed E-state index contributed by atoms with van der Waals surface area (Å²) in [4.78, 5) is 30.4. The van der Waals surface area contributed by atoms with Crippen molar-refractivity contribution in [2.24, 2.45) is 0 Å². The third-order valence-electron chi connectivity index (χ3n) is 8.40. The first-order chi connectivity index (χ1) is 22.0. The van der Waals surface area contributed by atoms with Gasteiger partial charge in [0.2, 0.25) is 11.8 Å². The van der Waals surface area contributed by atoms with Gasteiger partial charge in [0.25, 0.3) is 10.0 Å². The molecule has 242 valence electrons. The molecule has 4 aromatic carbocycles. The van der Waals surface area contributed by atoms with E-state index in [9.17, 15) is 18.0 Å². The van der Waals surface area contributed by atoms with Gasteiger partial charge in [-0.25, -0.2) is 8.42 Å². The van der Waals surface area contributed by atoms with Crippen molar-refractivity contribution in [2.75, 3.05) is 10.8 Å².